The fraction of sp³-hybridized carbons (Fsp3) is 0.581. The summed E-state index contributed by atoms with van der Waals surface area (Å²) in [5, 5.41) is 16.8. The van der Waals surface area contributed by atoms with Gasteiger partial charge in [-0.05, 0) is 73.3 Å². The molecule has 3 aliphatic rings. The Kier molecular flexibility index (Phi) is 7.60. The smallest absolute Gasteiger partial charge is 0.251 e. The fourth-order valence-electron chi connectivity index (χ4n) is 6.51. The molecule has 0 bridgehead atoms. The molecule has 1 saturated carbocycles. The Balaban J connectivity index is 1.65. The van der Waals surface area contributed by atoms with Gasteiger partial charge in [-0.2, -0.15) is 0 Å². The van der Waals surface area contributed by atoms with Crippen molar-refractivity contribution in [1.29, 1.82) is 0 Å². The highest BCUT2D eigenvalue weighted by atomic mass is 16.3. The number of carbonyl (C=O) groups excluding carboxylic acids is 2. The summed E-state index contributed by atoms with van der Waals surface area (Å²) in [7, 11) is 0. The van der Waals surface area contributed by atoms with Crippen LogP contribution >= 0.6 is 0 Å². The van der Waals surface area contributed by atoms with E-state index in [1.807, 2.05) is 18.2 Å². The van der Waals surface area contributed by atoms with E-state index < -0.39 is 17.7 Å². The number of fused-ring (bicyclic) bond motifs is 1. The number of nitrogens with one attached hydrogen (secondary N) is 2. The summed E-state index contributed by atoms with van der Waals surface area (Å²) in [5.74, 6) is -0.300. The summed E-state index contributed by atoms with van der Waals surface area (Å²) in [6, 6.07) is 9.61. The highest BCUT2D eigenvalue weighted by Crippen LogP contribution is 2.44. The minimum atomic E-state index is -1.21. The number of nitrogens with zero attached hydrogens (tertiary/aromatic N) is 2. The number of hydrogen-bond donors (Lipinski definition) is 3. The van der Waals surface area contributed by atoms with Crippen molar-refractivity contribution in [1.82, 2.24) is 15.6 Å². The number of hydrogen-bond acceptors (Lipinski definition) is 5. The maximum atomic E-state index is 14.6. The van der Waals surface area contributed by atoms with Crippen molar-refractivity contribution in [3.63, 3.8) is 0 Å². The Hall–Kier alpha value is -2.77. The molecule has 38 heavy (non-hydrogen) atoms. The molecule has 2 amide bonds. The molecule has 1 aromatic heterocycles. The number of pyridine rings is 1. The van der Waals surface area contributed by atoms with Crippen LogP contribution in [0.3, 0.4) is 0 Å². The summed E-state index contributed by atoms with van der Waals surface area (Å²) in [6.45, 7) is 6.86. The minimum Gasteiger partial charge on any atom is -0.392 e. The molecule has 7 heteroatoms. The summed E-state index contributed by atoms with van der Waals surface area (Å²) in [6.07, 6.45) is 10.8. The molecule has 2 fully saturated rings. The Bertz CT molecular complexity index is 1150. The average Bonchev–Trinajstić information content (AvgIpc) is 3.35. The van der Waals surface area contributed by atoms with Gasteiger partial charge in [0.25, 0.3) is 5.91 Å². The van der Waals surface area contributed by atoms with Crippen molar-refractivity contribution in [2.75, 3.05) is 11.4 Å². The summed E-state index contributed by atoms with van der Waals surface area (Å²) >= 11 is 0. The van der Waals surface area contributed by atoms with Crippen LogP contribution in [0.15, 0.2) is 42.7 Å². The zero-order valence-corrected chi connectivity index (χ0v) is 23.0. The number of rotatable bonds is 5. The highest BCUT2D eigenvalue weighted by Gasteiger charge is 2.53. The minimum absolute atomic E-state index is 0.0398. The molecule has 5 rings (SSSR count). The van der Waals surface area contributed by atoms with Crippen molar-refractivity contribution in [3.8, 4) is 0 Å². The van der Waals surface area contributed by atoms with Gasteiger partial charge in [0.1, 0.15) is 0 Å². The molecular weight excluding hydrogens is 476 g/mol. The molecule has 7 nitrogen and oxygen atoms in total. The number of aliphatic hydroxyl groups is 1. The summed E-state index contributed by atoms with van der Waals surface area (Å²) < 4.78 is 0. The molecule has 2 aliphatic carbocycles. The first-order valence-electron chi connectivity index (χ1n) is 14.3. The molecule has 3 atom stereocenters. The van der Waals surface area contributed by atoms with Gasteiger partial charge < -0.3 is 15.7 Å². The number of β-amino-alcohol motifs (C(OH)–C–C–N with tert-alkyl or cyclic N) is 1. The molecule has 1 saturated heterocycles. The summed E-state index contributed by atoms with van der Waals surface area (Å²) in [4.78, 5) is 35.2. The summed E-state index contributed by atoms with van der Waals surface area (Å²) in [5.41, 5.74) is 2.48. The lowest BCUT2D eigenvalue weighted by Gasteiger charge is -2.47. The van der Waals surface area contributed by atoms with Crippen LogP contribution in [0.2, 0.25) is 0 Å². The van der Waals surface area contributed by atoms with Crippen LogP contribution in [0.1, 0.15) is 88.8 Å². The van der Waals surface area contributed by atoms with E-state index in [1.165, 1.54) is 6.42 Å². The van der Waals surface area contributed by atoms with E-state index in [2.05, 4.69) is 48.5 Å². The number of aryl methyl sites for hydroxylation is 1. The number of amides is 2. The van der Waals surface area contributed by atoms with Crippen LogP contribution in [-0.4, -0.2) is 46.6 Å². The van der Waals surface area contributed by atoms with E-state index in [4.69, 9.17) is 0 Å². The van der Waals surface area contributed by atoms with Crippen LogP contribution in [0.4, 0.5) is 5.69 Å². The SMILES string of the molecule is CC(C)(C)c1ccc(N(C(=O)[C@H]2C[C@@H](O)CN2)C2(C(=O)NC3CCCCC3)CCCc3ccncc32)cc1. The van der Waals surface area contributed by atoms with Gasteiger partial charge in [0.2, 0.25) is 5.91 Å². The largest absolute Gasteiger partial charge is 0.392 e. The second-order valence-corrected chi connectivity index (χ2v) is 12.4. The Morgan fingerprint density at radius 1 is 1.08 bits per heavy atom. The third kappa shape index (κ3) is 5.10. The van der Waals surface area contributed by atoms with Crippen molar-refractivity contribution in [2.45, 2.75) is 108 Å². The molecule has 1 aliphatic heterocycles. The first-order chi connectivity index (χ1) is 18.2. The van der Waals surface area contributed by atoms with E-state index in [9.17, 15) is 14.7 Å². The lowest BCUT2D eigenvalue weighted by molar-refractivity contribution is -0.133. The molecule has 0 radical (unpaired) electrons. The van der Waals surface area contributed by atoms with Gasteiger partial charge >= 0.3 is 0 Å². The average molecular weight is 519 g/mol. The second kappa shape index (κ2) is 10.8. The molecule has 0 spiro atoms. The van der Waals surface area contributed by atoms with E-state index >= 15 is 0 Å². The first kappa shape index (κ1) is 26.8. The van der Waals surface area contributed by atoms with E-state index in [1.54, 1.807) is 17.3 Å². The van der Waals surface area contributed by atoms with Crippen LogP contribution in [0.5, 0.6) is 0 Å². The van der Waals surface area contributed by atoms with Gasteiger partial charge in [0.05, 0.1) is 12.1 Å². The van der Waals surface area contributed by atoms with Crippen LogP contribution in [0.25, 0.3) is 0 Å². The van der Waals surface area contributed by atoms with E-state index in [0.29, 0.717) is 25.1 Å². The molecular formula is C31H42N4O3. The molecule has 2 heterocycles. The van der Waals surface area contributed by atoms with Gasteiger partial charge in [0.15, 0.2) is 5.54 Å². The van der Waals surface area contributed by atoms with Crippen LogP contribution in [-0.2, 0) is 27.0 Å². The molecule has 3 N–H and O–H groups in total. The normalized spacial score (nSPS) is 26.0. The van der Waals surface area contributed by atoms with E-state index in [-0.39, 0.29) is 23.3 Å². The zero-order valence-electron chi connectivity index (χ0n) is 23.0. The van der Waals surface area contributed by atoms with Crippen molar-refractivity contribution in [2.24, 2.45) is 0 Å². The molecule has 1 aromatic carbocycles. The van der Waals surface area contributed by atoms with Crippen LogP contribution < -0.4 is 15.5 Å². The first-order valence-corrected chi connectivity index (χ1v) is 14.3. The molecule has 2 aromatic rings. The second-order valence-electron chi connectivity index (χ2n) is 12.4. The van der Waals surface area contributed by atoms with Crippen molar-refractivity contribution < 1.29 is 14.7 Å². The van der Waals surface area contributed by atoms with Gasteiger partial charge in [-0.15, -0.1) is 0 Å². The number of aliphatic hydroxyl groups excluding tert-OH is 1. The third-order valence-electron chi connectivity index (χ3n) is 8.66. The lowest BCUT2D eigenvalue weighted by Crippen LogP contribution is -2.63. The van der Waals surface area contributed by atoms with Gasteiger partial charge in [-0.1, -0.05) is 52.2 Å². The number of anilines is 1. The molecule has 1 unspecified atom stereocenters. The maximum absolute atomic E-state index is 14.6. The Morgan fingerprint density at radius 2 is 1.82 bits per heavy atom. The van der Waals surface area contributed by atoms with Crippen LogP contribution in [0, 0.1) is 0 Å². The van der Waals surface area contributed by atoms with E-state index in [0.717, 1.165) is 55.2 Å². The van der Waals surface area contributed by atoms with Gasteiger partial charge in [0, 0.05) is 36.2 Å². The Labute approximate surface area is 226 Å². The quantitative estimate of drug-likeness (QED) is 0.554. The highest BCUT2D eigenvalue weighted by molar-refractivity contribution is 6.06. The van der Waals surface area contributed by atoms with Crippen molar-refractivity contribution >= 4 is 17.5 Å². The zero-order chi connectivity index (χ0) is 26.9. The number of carbonyl (C=O) groups is 2. The van der Waals surface area contributed by atoms with Gasteiger partial charge in [-0.3, -0.25) is 19.5 Å². The maximum Gasteiger partial charge on any atom is 0.251 e. The fourth-order valence-corrected chi connectivity index (χ4v) is 6.51. The number of aromatic nitrogens is 1. The lowest BCUT2D eigenvalue weighted by atomic mass is 9.74. The third-order valence-corrected chi connectivity index (χ3v) is 8.66. The Morgan fingerprint density at radius 3 is 2.47 bits per heavy atom. The predicted octanol–water partition coefficient (Wildman–Crippen LogP) is 4.12. The van der Waals surface area contributed by atoms with Gasteiger partial charge in [-0.25, -0.2) is 0 Å². The predicted molar refractivity (Wildman–Crippen MR) is 149 cm³/mol. The molecule has 204 valence electrons. The monoisotopic (exact) mass is 518 g/mol. The topological polar surface area (TPSA) is 94.6 Å². The standard InChI is InChI=1S/C31H42N4O3/c1-30(2,3)22-11-13-24(14-12-22)35(28(37)27-18-25(36)19-33-27)31(29(38)34-23-9-5-4-6-10-23)16-7-8-21-15-17-32-20-26(21)31/h11-15,17,20,23,25,27,33,36H,4-10,16,18-19H2,1-3H3,(H,34,38)/t25-,27-,31?/m1/s1. The van der Waals surface area contributed by atoms with Crippen molar-refractivity contribution in [3.05, 3.63) is 59.4 Å². The number of benzene rings is 1.